The summed E-state index contributed by atoms with van der Waals surface area (Å²) < 4.78 is 312. The summed E-state index contributed by atoms with van der Waals surface area (Å²) in [5.74, 6) is 0. The lowest BCUT2D eigenvalue weighted by molar-refractivity contribution is 0.530. The van der Waals surface area contributed by atoms with Crippen LogP contribution in [-0.2, 0) is 115 Å². The van der Waals surface area contributed by atoms with Crippen molar-refractivity contribution in [3.63, 3.8) is 0 Å². The van der Waals surface area contributed by atoms with E-state index >= 15 is 0 Å². The van der Waals surface area contributed by atoms with E-state index < -0.39 is 220 Å². The van der Waals surface area contributed by atoms with E-state index in [1.54, 1.807) is 19.6 Å². The lowest BCUT2D eigenvalue weighted by Gasteiger charge is -2.28. The Bertz CT molecular complexity index is 2300. The van der Waals surface area contributed by atoms with E-state index in [-0.39, 0.29) is 0 Å². The van der Waals surface area contributed by atoms with Gasteiger partial charge in [-0.3, -0.25) is 0 Å². The quantitative estimate of drug-likeness (QED) is 0.0628. The van der Waals surface area contributed by atoms with Gasteiger partial charge in [0.1, 0.15) is 0 Å². The molecule has 0 fully saturated rings. The Balaban J connectivity index is 5.81. The molecule has 0 saturated heterocycles. The highest BCUT2D eigenvalue weighted by molar-refractivity contribution is 7.83. The molecule has 0 amide bonds. The fourth-order valence-electron chi connectivity index (χ4n) is 3.46. The largest absolute Gasteiger partial charge is 0.453 e. The van der Waals surface area contributed by atoms with Crippen molar-refractivity contribution in [3.05, 3.63) is 0 Å². The summed E-state index contributed by atoms with van der Waals surface area (Å²) in [4.78, 5) is 0. The molecular formula is C6H19O26Si28. The smallest absolute Gasteiger partial charge is 0.381 e. The van der Waals surface area contributed by atoms with Gasteiger partial charge < -0.3 is 115 Å². The molecule has 1 atom stereocenters. The second kappa shape index (κ2) is 26.5. The zero-order valence-corrected chi connectivity index (χ0v) is 58.8. The first kappa shape index (κ1) is 61.2. The number of rotatable bonds is 29. The molecule has 0 N–H and O–H groups in total. The standard InChI is InChI=1S/C6H19O26Si28/c1-35(33-7)31-34-36(8)37(9)38(10)39(11)40(12)41(13)42(14)43(15)44(16)45(17)46(18)47(19)48(20)49(21)50(22)51(23)52(24)53(25)54(26)55(27)56(28)57(29)58(30)60(5,6)32-59(2,3)4/h35H,1-6H3. The van der Waals surface area contributed by atoms with Crippen LogP contribution in [0.3, 0.4) is 0 Å². The first-order valence-corrected chi connectivity index (χ1v) is 83.1. The lowest BCUT2D eigenvalue weighted by Crippen LogP contribution is -2.59. The van der Waals surface area contributed by atoms with Crippen LogP contribution in [0.15, 0.2) is 0 Å². The van der Waals surface area contributed by atoms with Crippen molar-refractivity contribution in [2.75, 3.05) is 0 Å². The maximum atomic E-state index is 12.9. The lowest BCUT2D eigenvalue weighted by atomic mass is 11.8. The van der Waals surface area contributed by atoms with Crippen LogP contribution < -0.4 is 0 Å². The highest BCUT2D eigenvalue weighted by Crippen LogP contribution is 2.14. The summed E-state index contributed by atoms with van der Waals surface area (Å²) in [5.41, 5.74) is 0. The SMILES string of the molecule is C[SiH](O[Si][Si](=O)[Si](=O)[Si](=O)[Si](=O)[Si](=O)[Si](=O)[Si](=O)[Si](=O)[Si](=O)[Si](=O)[Si](=O)[Si](=O)[Si](=O)[Si](=O)[Si](=O)[Si](=O)[Si](=O)[Si](=O)[Si](=O)[Si](=O)[Si](=O)[Si](=O)[Si](=O)[Si](C)(C)O[Si](C)(C)C)[Si]=O. The molecule has 311 valence electrons. The van der Waals surface area contributed by atoms with Gasteiger partial charge >= 0.3 is 186 Å². The fraction of sp³-hybridized carbons (Fsp3) is 1.00. The summed E-state index contributed by atoms with van der Waals surface area (Å²) in [7, 11) is -108. The van der Waals surface area contributed by atoms with Gasteiger partial charge in [-0.1, -0.05) is 0 Å². The molecule has 0 aliphatic rings. The molecule has 0 heterocycles. The second-order valence-electron chi connectivity index (χ2n) is 12.3. The van der Waals surface area contributed by atoms with Crippen LogP contribution in [0.5, 0.6) is 0 Å². The first-order valence-electron chi connectivity index (χ1n) is 15.1. The molecule has 26 nitrogen and oxygen atoms in total. The van der Waals surface area contributed by atoms with Gasteiger partial charge in [-0.25, -0.2) is 0 Å². The maximum absolute atomic E-state index is 12.9. The monoisotopic (exact) mass is 1290 g/mol. The van der Waals surface area contributed by atoms with Crippen LogP contribution in [-0.4, -0.2) is 220 Å². The van der Waals surface area contributed by atoms with E-state index in [1.165, 1.54) is 19.6 Å². The van der Waals surface area contributed by atoms with Gasteiger partial charge in [-0.15, -0.1) is 0 Å². The zero-order valence-electron chi connectivity index (χ0n) is 30.7. The van der Waals surface area contributed by atoms with Gasteiger partial charge in [-0.2, -0.15) is 0 Å². The van der Waals surface area contributed by atoms with Crippen molar-refractivity contribution in [1.29, 1.82) is 0 Å². The van der Waals surface area contributed by atoms with Gasteiger partial charge in [0.25, 0.3) is 9.28 Å². The first-order chi connectivity index (χ1) is 27.1. The molecule has 0 saturated carbocycles. The Kier molecular flexibility index (Phi) is 27.0. The Hall–Kier alpha value is 1.19. The average Bonchev–Trinajstić information content (AvgIpc) is 3.20. The average molecular weight is 1290 g/mol. The van der Waals surface area contributed by atoms with Gasteiger partial charge in [0.2, 0.25) is 16.4 Å². The normalized spacial score (nSPS) is 11.2. The Morgan fingerprint density at radius 2 is 0.550 bits per heavy atom. The molecule has 0 aromatic heterocycles. The Labute approximate surface area is 371 Å². The fourth-order valence-corrected chi connectivity index (χ4v) is 296. The van der Waals surface area contributed by atoms with Crippen LogP contribution in [0.2, 0.25) is 39.3 Å². The summed E-state index contributed by atoms with van der Waals surface area (Å²) in [6.45, 7) is 9.29. The highest BCUT2D eigenvalue weighted by Gasteiger charge is 2.58. The minimum Gasteiger partial charge on any atom is -0.453 e. The van der Waals surface area contributed by atoms with Gasteiger partial charge in [0.15, 0.2) is 8.32 Å². The summed E-state index contributed by atoms with van der Waals surface area (Å²) in [6, 6.07) is 0. The topological polar surface area (TPSA) is 428 Å². The van der Waals surface area contributed by atoms with Crippen LogP contribution >= 0.6 is 0 Å². The number of hydrogen-bond acceptors (Lipinski definition) is 26. The predicted octanol–water partition coefficient (Wildman–Crippen LogP) is -10.4. The van der Waals surface area contributed by atoms with Crippen molar-refractivity contribution < 1.29 is 115 Å². The molecule has 0 bridgehead atoms. The van der Waals surface area contributed by atoms with Gasteiger partial charge in [0, 0.05) is 0 Å². The van der Waals surface area contributed by atoms with E-state index in [2.05, 4.69) is 0 Å². The third-order valence-corrected chi connectivity index (χ3v) is 204. The Morgan fingerprint density at radius 1 is 0.350 bits per heavy atom. The van der Waals surface area contributed by atoms with E-state index in [1.807, 2.05) is 0 Å². The van der Waals surface area contributed by atoms with Crippen molar-refractivity contribution >= 4 is 220 Å². The van der Waals surface area contributed by atoms with Crippen molar-refractivity contribution in [3.8, 4) is 0 Å². The molecule has 0 aliphatic carbocycles. The molecule has 0 spiro atoms. The molecule has 1 unspecified atom stereocenters. The van der Waals surface area contributed by atoms with E-state index in [0.717, 1.165) is 0 Å². The number of hydrogen-bond donors (Lipinski definition) is 0. The molecular weight excluding hydrogens is 1270 g/mol. The predicted molar refractivity (Wildman–Crippen MR) is 216 cm³/mol. The summed E-state index contributed by atoms with van der Waals surface area (Å²) in [6.07, 6.45) is 0. The van der Waals surface area contributed by atoms with Crippen molar-refractivity contribution in [2.24, 2.45) is 0 Å². The Morgan fingerprint density at radius 3 is 0.750 bits per heavy atom. The van der Waals surface area contributed by atoms with Gasteiger partial charge in [0.05, 0.1) is 0 Å². The van der Waals surface area contributed by atoms with E-state index in [9.17, 15) is 107 Å². The maximum Gasteiger partial charge on any atom is 0.381 e. The third-order valence-electron chi connectivity index (χ3n) is 6.14. The molecule has 0 aromatic carbocycles. The highest BCUT2D eigenvalue weighted by atomic mass is 30.1. The van der Waals surface area contributed by atoms with Crippen molar-refractivity contribution in [2.45, 2.75) is 39.3 Å². The van der Waals surface area contributed by atoms with Crippen LogP contribution in [0.25, 0.3) is 0 Å². The summed E-state index contributed by atoms with van der Waals surface area (Å²) in [5, 5.41) is 0. The minimum absolute atomic E-state index is 0.903. The van der Waals surface area contributed by atoms with Crippen molar-refractivity contribution in [1.82, 2.24) is 0 Å². The van der Waals surface area contributed by atoms with Crippen LogP contribution in [0.1, 0.15) is 0 Å². The van der Waals surface area contributed by atoms with Gasteiger partial charge in [-0.05, 0) is 39.3 Å². The molecule has 0 aromatic rings. The molecule has 0 aliphatic heterocycles. The third kappa shape index (κ3) is 17.1. The molecule has 60 heavy (non-hydrogen) atoms. The van der Waals surface area contributed by atoms with Crippen LogP contribution in [0, 0.1) is 0 Å². The van der Waals surface area contributed by atoms with E-state index in [0.29, 0.717) is 0 Å². The summed E-state index contributed by atoms with van der Waals surface area (Å²) >= 11 is 0. The second-order valence-corrected chi connectivity index (χ2v) is 143. The zero-order chi connectivity index (χ0) is 47.7. The minimum atomic E-state index is -4.57. The molecule has 54 heteroatoms. The molecule has 0 rings (SSSR count). The van der Waals surface area contributed by atoms with Crippen LogP contribution in [0.4, 0.5) is 0 Å². The molecule has 3 radical (unpaired) electrons. The van der Waals surface area contributed by atoms with E-state index in [4.69, 9.17) is 8.23 Å².